The van der Waals surface area contributed by atoms with Gasteiger partial charge in [0.25, 0.3) is 0 Å². The molecule has 0 bridgehead atoms. The molecule has 0 aromatic heterocycles. The monoisotopic (exact) mass is 686 g/mol. The van der Waals surface area contributed by atoms with E-state index in [4.69, 9.17) is 0 Å². The molecule has 1 aliphatic carbocycles. The van der Waals surface area contributed by atoms with Crippen molar-refractivity contribution < 1.29 is 20.1 Å². The fourth-order valence-electron chi connectivity index (χ4n) is 3.31. The van der Waals surface area contributed by atoms with Crippen LogP contribution >= 0.6 is 7.92 Å². The molecule has 2 radical (unpaired) electrons. The van der Waals surface area contributed by atoms with Gasteiger partial charge in [-0.1, -0.05) is 124 Å². The Hall–Kier alpha value is -2.17. The second kappa shape index (κ2) is 20.8. The van der Waals surface area contributed by atoms with E-state index in [2.05, 4.69) is 152 Å². The fourth-order valence-corrected chi connectivity index (χ4v) is 5.62. The summed E-state index contributed by atoms with van der Waals surface area (Å²) in [7, 11) is -0.446. The van der Waals surface area contributed by atoms with E-state index in [0.717, 1.165) is 12.8 Å². The first-order valence-electron chi connectivity index (χ1n) is 12.4. The van der Waals surface area contributed by atoms with Crippen molar-refractivity contribution in [2.75, 3.05) is 0 Å². The van der Waals surface area contributed by atoms with Gasteiger partial charge in [0, 0.05) is 0 Å². The van der Waals surface area contributed by atoms with Gasteiger partial charge >= 0.3 is 20.1 Å². The Labute approximate surface area is 243 Å². The van der Waals surface area contributed by atoms with Crippen LogP contribution in [-0.2, 0) is 20.1 Å². The molecular weight excluding hydrogens is 644 g/mol. The predicted molar refractivity (Wildman–Crippen MR) is 166 cm³/mol. The molecule has 0 saturated carbocycles. The summed E-state index contributed by atoms with van der Waals surface area (Å²) in [6.45, 7) is 22.5. The molecule has 2 heteroatoms. The first kappa shape index (κ1) is 34.8. The minimum Gasteiger partial charge on any atom is -0.340 e. The molecule has 3 aromatic rings. The molecule has 0 N–H and O–H groups in total. The van der Waals surface area contributed by atoms with Crippen molar-refractivity contribution in [3.8, 4) is 0 Å². The molecule has 0 saturated heterocycles. The summed E-state index contributed by atoms with van der Waals surface area (Å²) in [6, 6.07) is 32.3. The normalized spacial score (nSPS) is 12.4. The van der Waals surface area contributed by atoms with Crippen molar-refractivity contribution in [3.05, 3.63) is 160 Å². The number of hydrogen-bond acceptors (Lipinski definition) is 0. The van der Waals surface area contributed by atoms with Gasteiger partial charge in [-0.15, -0.1) is 32.2 Å². The van der Waals surface area contributed by atoms with Gasteiger partial charge in [0.2, 0.25) is 0 Å². The van der Waals surface area contributed by atoms with Crippen LogP contribution in [0.2, 0.25) is 0 Å². The summed E-state index contributed by atoms with van der Waals surface area (Å²) >= 11 is 0. The molecule has 1 aliphatic rings. The van der Waals surface area contributed by atoms with E-state index in [1.807, 2.05) is 0 Å². The Kier molecular flexibility index (Phi) is 19.6. The maximum absolute atomic E-state index is 3.49. The van der Waals surface area contributed by atoms with Crippen LogP contribution in [0.3, 0.4) is 0 Å². The van der Waals surface area contributed by atoms with E-state index < -0.39 is 7.92 Å². The Morgan fingerprint density at radius 3 is 1.14 bits per heavy atom. The molecule has 0 fully saturated rings. The largest absolute Gasteiger partial charge is 3.00 e. The molecule has 4 rings (SSSR count). The smallest absolute Gasteiger partial charge is 0.340 e. The molecule has 0 nitrogen and oxygen atoms in total. The van der Waals surface area contributed by atoms with Gasteiger partial charge in [-0.3, -0.25) is 0 Å². The predicted octanol–water partition coefficient (Wildman–Crippen LogP) is 8.96. The zero-order valence-electron chi connectivity index (χ0n) is 22.9. The maximum Gasteiger partial charge on any atom is 3.00 e. The average Bonchev–Trinajstić information content (AvgIpc) is 3.16. The molecule has 0 amide bonds. The summed E-state index contributed by atoms with van der Waals surface area (Å²) in [4.78, 5) is 0. The third kappa shape index (κ3) is 12.8. The van der Waals surface area contributed by atoms with Gasteiger partial charge in [-0.05, 0) is 23.8 Å². The molecule has 0 unspecified atom stereocenters. The number of rotatable bonds is 5. The van der Waals surface area contributed by atoms with E-state index in [9.17, 15) is 0 Å². The van der Waals surface area contributed by atoms with Crippen molar-refractivity contribution >= 4 is 23.8 Å². The van der Waals surface area contributed by atoms with Crippen LogP contribution in [0, 0.1) is 31.6 Å². The van der Waals surface area contributed by atoms with E-state index in [0.29, 0.717) is 0 Å². The number of allylic oxidation sites excluding steroid dienone is 4. The molecular formula is C35H42IrP. The molecule has 37 heavy (non-hydrogen) atoms. The second-order valence-electron chi connectivity index (χ2n) is 8.26. The third-order valence-corrected chi connectivity index (χ3v) is 8.07. The van der Waals surface area contributed by atoms with Crippen molar-refractivity contribution in [1.29, 1.82) is 0 Å². The molecule has 0 aliphatic heterocycles. The minimum absolute atomic E-state index is 0. The van der Waals surface area contributed by atoms with E-state index in [1.54, 1.807) is 12.2 Å². The maximum atomic E-state index is 3.49. The van der Waals surface area contributed by atoms with Crippen molar-refractivity contribution in [2.45, 2.75) is 40.5 Å². The van der Waals surface area contributed by atoms with Crippen LogP contribution in [-0.4, -0.2) is 0 Å². The van der Waals surface area contributed by atoms with Gasteiger partial charge in [-0.25, -0.2) is 17.6 Å². The first-order valence-corrected chi connectivity index (χ1v) is 13.7. The zero-order valence-corrected chi connectivity index (χ0v) is 26.2. The molecule has 3 aromatic carbocycles. The van der Waals surface area contributed by atoms with Gasteiger partial charge in [-0.2, -0.15) is 12.8 Å². The van der Waals surface area contributed by atoms with Gasteiger partial charge in [0.05, 0.1) is 0 Å². The number of hydrogen-bond donors (Lipinski definition) is 0. The fraction of sp³-hybridized carbons (Fsp3) is 0.171. The SMILES string of the molecule is C=CC[CH2-].C=CC[CH2-].C[C]1C=C(C)[C-](C)[C]1C.[Ir+3].c1ccc(P(c2ccccc2)c2ccccc2)cc1. The average molecular weight is 686 g/mol. The Balaban J connectivity index is 0.000000601. The topological polar surface area (TPSA) is 0 Å². The first-order chi connectivity index (χ1) is 17.4. The Bertz CT molecular complexity index is 893. The second-order valence-corrected chi connectivity index (χ2v) is 10.5. The van der Waals surface area contributed by atoms with Crippen molar-refractivity contribution in [2.24, 2.45) is 0 Å². The van der Waals surface area contributed by atoms with Crippen LogP contribution in [0.5, 0.6) is 0 Å². The Morgan fingerprint density at radius 2 is 0.973 bits per heavy atom. The van der Waals surface area contributed by atoms with Crippen molar-refractivity contribution in [3.63, 3.8) is 0 Å². The van der Waals surface area contributed by atoms with E-state index in [-0.39, 0.29) is 20.1 Å². The van der Waals surface area contributed by atoms with Crippen LogP contribution in [0.4, 0.5) is 0 Å². The third-order valence-electron chi connectivity index (χ3n) is 5.63. The summed E-state index contributed by atoms with van der Waals surface area (Å²) in [5, 5.41) is 4.19. The Morgan fingerprint density at radius 1 is 0.676 bits per heavy atom. The zero-order chi connectivity index (χ0) is 26.8. The van der Waals surface area contributed by atoms with Crippen molar-refractivity contribution in [1.82, 2.24) is 0 Å². The summed E-state index contributed by atoms with van der Waals surface area (Å²) < 4.78 is 0. The summed E-state index contributed by atoms with van der Waals surface area (Å²) in [5.41, 5.74) is 1.42. The van der Waals surface area contributed by atoms with Gasteiger partial charge in [0.1, 0.15) is 0 Å². The van der Waals surface area contributed by atoms with Gasteiger partial charge < -0.3 is 13.8 Å². The van der Waals surface area contributed by atoms with E-state index >= 15 is 0 Å². The van der Waals surface area contributed by atoms with E-state index in [1.165, 1.54) is 39.2 Å². The standard InChI is InChI=1S/C18H15P.C9H13.2C4H7.Ir/c1-4-10-16(11-5-1)19(17-12-6-2-7-13-17)18-14-8-3-9-15-18;1-6-5-7(2)9(4)8(6)3;2*1-3-4-2;/h1-15H;5H,1-4H3;2*3H,1-2,4H2;/q;3*-1;+3. The van der Waals surface area contributed by atoms with Crippen LogP contribution < -0.4 is 15.9 Å². The molecule has 196 valence electrons. The summed E-state index contributed by atoms with van der Waals surface area (Å²) in [6.07, 6.45) is 7.44. The van der Waals surface area contributed by atoms with Crippen LogP contribution in [0.1, 0.15) is 40.5 Å². The van der Waals surface area contributed by atoms with Gasteiger partial charge in [0.15, 0.2) is 0 Å². The molecule has 0 heterocycles. The molecule has 0 atom stereocenters. The minimum atomic E-state index is -0.446. The van der Waals surface area contributed by atoms with Crippen LogP contribution in [0.25, 0.3) is 0 Å². The quantitative estimate of drug-likeness (QED) is 0.143. The summed E-state index contributed by atoms with van der Waals surface area (Å²) in [5.74, 6) is 4.32. The number of benzene rings is 3. The molecule has 0 spiro atoms. The van der Waals surface area contributed by atoms with Crippen LogP contribution in [0.15, 0.2) is 128 Å².